The molecule has 510 valence electrons. The molecule has 0 fully saturated rings. The fraction of sp³-hybridized carbons (Fsp3) is 0.319. The molecule has 3 aliphatic rings. The number of halogens is 3. The Labute approximate surface area is 566 Å². The van der Waals surface area contributed by atoms with Crippen molar-refractivity contribution in [1.29, 1.82) is 0 Å². The van der Waals surface area contributed by atoms with E-state index in [1.807, 2.05) is 31.2 Å². The topological polar surface area (TPSA) is 367 Å². The van der Waals surface area contributed by atoms with E-state index in [1.165, 1.54) is 50.2 Å². The monoisotopic (exact) mass is 1360 g/mol. The van der Waals surface area contributed by atoms with E-state index < -0.39 is 45.1 Å². The molecule has 13 heterocycles. The molecule has 15 rings (SSSR count). The molecule has 0 bridgehead atoms. The number of fused-ring (bicyclic) bond motifs is 6. The third kappa shape index (κ3) is 11.7. The minimum absolute atomic E-state index is 0.0581. The predicted octanol–water partition coefficient (Wildman–Crippen LogP) is 8.69. The Balaban J connectivity index is 0.000000135. The van der Waals surface area contributed by atoms with Crippen LogP contribution >= 0.6 is 0 Å². The maximum absolute atomic E-state index is 13.8. The number of benzene rings is 2. The third-order valence-corrected chi connectivity index (χ3v) is 18.5. The minimum Gasteiger partial charge on any atom is -0.309 e. The smallest absolute Gasteiger partial charge is 0.272 e. The van der Waals surface area contributed by atoms with Gasteiger partial charge >= 0.3 is 0 Å². The average molecular weight is 1360 g/mol. The first kappa shape index (κ1) is 66.7. The Kier molecular flexibility index (Phi) is 17.2. The molecule has 10 aromatic heterocycles. The van der Waals surface area contributed by atoms with Crippen molar-refractivity contribution in [2.45, 2.75) is 142 Å². The zero-order chi connectivity index (χ0) is 70.7. The Morgan fingerprint density at radius 1 is 0.480 bits per heavy atom. The van der Waals surface area contributed by atoms with Crippen molar-refractivity contribution in [3.8, 4) is 34.6 Å². The van der Waals surface area contributed by atoms with Gasteiger partial charge in [0.05, 0.1) is 58.1 Å². The molecule has 31 heteroatoms. The van der Waals surface area contributed by atoms with E-state index in [4.69, 9.17) is 4.98 Å². The van der Waals surface area contributed by atoms with Gasteiger partial charge in [0, 0.05) is 18.7 Å². The minimum atomic E-state index is -3.08. The van der Waals surface area contributed by atoms with E-state index in [2.05, 4.69) is 112 Å². The van der Waals surface area contributed by atoms with Gasteiger partial charge < -0.3 is 30.9 Å². The van der Waals surface area contributed by atoms with Crippen LogP contribution in [0.2, 0.25) is 0 Å². The third-order valence-electron chi connectivity index (χ3n) is 18.5. The summed E-state index contributed by atoms with van der Waals surface area (Å²) in [6.45, 7) is 15.5. The van der Waals surface area contributed by atoms with Crippen molar-refractivity contribution in [2.24, 2.45) is 0 Å². The number of unbranched alkanes of at least 4 members (excludes halogenated alkanes) is 3. The number of nitrogens with one attached hydrogen (secondary N) is 6. The summed E-state index contributed by atoms with van der Waals surface area (Å²) in [5.41, 5.74) is 3.28. The van der Waals surface area contributed by atoms with Crippen LogP contribution in [0.3, 0.4) is 0 Å². The quantitative estimate of drug-likeness (QED) is 0.0526. The molecule has 3 unspecified atom stereocenters. The number of aromatic nitrogens is 19. The summed E-state index contributed by atoms with van der Waals surface area (Å²) < 4.78 is 45.9. The highest BCUT2D eigenvalue weighted by molar-refractivity contribution is 6.09. The van der Waals surface area contributed by atoms with Gasteiger partial charge in [-0.15, -0.1) is 0 Å². The first-order valence-electron chi connectivity index (χ1n) is 32.5. The largest absolute Gasteiger partial charge is 0.309 e. The highest BCUT2D eigenvalue weighted by atomic mass is 19.3. The van der Waals surface area contributed by atoms with Crippen molar-refractivity contribution < 1.29 is 27.6 Å². The molecule has 0 aliphatic carbocycles. The van der Waals surface area contributed by atoms with Crippen LogP contribution in [-0.2, 0) is 55.8 Å². The molecule has 6 N–H and O–H groups in total. The van der Waals surface area contributed by atoms with E-state index in [-0.39, 0.29) is 74.6 Å². The number of H-pyrrole nitrogens is 3. The van der Waals surface area contributed by atoms with Gasteiger partial charge in [0.1, 0.15) is 75.6 Å². The average Bonchev–Trinajstić information content (AvgIpc) is 1.57. The lowest BCUT2D eigenvalue weighted by molar-refractivity contribution is -0.119. The first-order valence-corrected chi connectivity index (χ1v) is 32.5. The zero-order valence-corrected chi connectivity index (χ0v) is 55.8. The summed E-state index contributed by atoms with van der Waals surface area (Å²) in [6.07, 6.45) is 18.2. The van der Waals surface area contributed by atoms with E-state index in [0.29, 0.717) is 63.6 Å². The molecule has 2 aromatic carbocycles. The number of pyridine rings is 1. The first-order chi connectivity index (χ1) is 47.9. The van der Waals surface area contributed by atoms with Crippen LogP contribution < -0.4 is 32.6 Å². The Morgan fingerprint density at radius 2 is 0.860 bits per heavy atom. The molecule has 0 saturated carbocycles. The molecule has 0 spiro atoms. The summed E-state index contributed by atoms with van der Waals surface area (Å²) in [5, 5.41) is 20.8. The van der Waals surface area contributed by atoms with Crippen LogP contribution in [0.5, 0.6) is 0 Å². The normalized spacial score (nSPS) is 17.5. The lowest BCUT2D eigenvalue weighted by Crippen LogP contribution is -2.37. The van der Waals surface area contributed by atoms with Crippen LogP contribution in [0, 0.1) is 19.7 Å². The van der Waals surface area contributed by atoms with Gasteiger partial charge in [0.25, 0.3) is 22.6 Å². The van der Waals surface area contributed by atoms with E-state index >= 15 is 0 Å². The number of aryl methyl sites for hydroxylation is 5. The van der Waals surface area contributed by atoms with Gasteiger partial charge in [0.2, 0.25) is 17.7 Å². The lowest BCUT2D eigenvalue weighted by Gasteiger charge is -2.22. The van der Waals surface area contributed by atoms with E-state index in [0.717, 1.165) is 86.3 Å². The Hall–Kier alpha value is -11.9. The van der Waals surface area contributed by atoms with Gasteiger partial charge in [-0.25, -0.2) is 71.6 Å². The molecule has 3 amide bonds. The number of hydrogen-bond acceptors (Lipinski definition) is 19. The highest BCUT2D eigenvalue weighted by Crippen LogP contribution is 2.43. The molecule has 12 aromatic rings. The number of anilines is 3. The number of amides is 3. The molecule has 3 atom stereocenters. The Morgan fingerprint density at radius 3 is 1.23 bits per heavy atom. The number of alkyl halides is 2. The predicted molar refractivity (Wildman–Crippen MR) is 361 cm³/mol. The molecule has 0 radical (unpaired) electrons. The summed E-state index contributed by atoms with van der Waals surface area (Å²) in [7, 11) is 0. The summed E-state index contributed by atoms with van der Waals surface area (Å²) in [5.74, 6) is -3.54. The second-order valence-electron chi connectivity index (χ2n) is 25.4. The van der Waals surface area contributed by atoms with Crippen LogP contribution in [0.1, 0.15) is 154 Å². The number of carbonyl (C=O) groups excluding carboxylic acids is 3. The van der Waals surface area contributed by atoms with Crippen molar-refractivity contribution >= 4 is 52.1 Å². The van der Waals surface area contributed by atoms with Crippen molar-refractivity contribution in [2.75, 3.05) is 16.0 Å². The van der Waals surface area contributed by atoms with Crippen molar-refractivity contribution in [3.63, 3.8) is 0 Å². The Bertz CT molecular complexity index is 5450. The summed E-state index contributed by atoms with van der Waals surface area (Å²) >= 11 is 0. The highest BCUT2D eigenvalue weighted by Gasteiger charge is 2.51. The molecule has 100 heavy (non-hydrogen) atoms. The second kappa shape index (κ2) is 25.8. The van der Waals surface area contributed by atoms with Crippen LogP contribution in [0.4, 0.5) is 30.6 Å². The molecule has 28 nitrogen and oxygen atoms in total. The summed E-state index contributed by atoms with van der Waals surface area (Å²) in [6, 6.07) is 14.5. The SMILES string of the molecule is CCCCc1nc(-c2nc3c(c(=O)[nH]2)C(C)(c2ccc(C(C)(F)F)cn2)C(=O)N3)cn2ncnc12.CCCCc1nc(-c2nc3c(c(=O)[nH]2)C(C)(c2ccc(C)cc2)C(=O)N3)cn2ncnc12.CCCCc1nc(-c2nc3c(c(=O)[nH]2)C(C)(c2ccc(F)c(C)c2)C(=O)N3)cn2ncnc12. The number of nitrogens with zero attached hydrogens (tertiary/aromatic N) is 16. The number of hydrogen-bond donors (Lipinski definition) is 6. The van der Waals surface area contributed by atoms with Crippen LogP contribution in [-0.4, -0.2) is 111 Å². The van der Waals surface area contributed by atoms with Gasteiger partial charge in [-0.2, -0.15) is 15.3 Å². The van der Waals surface area contributed by atoms with Gasteiger partial charge in [-0.05, 0) is 108 Å². The molecular weight excluding hydrogens is 1290 g/mol. The fourth-order valence-corrected chi connectivity index (χ4v) is 12.6. The zero-order valence-electron chi connectivity index (χ0n) is 55.8. The number of rotatable bonds is 16. The van der Waals surface area contributed by atoms with Gasteiger partial charge in [-0.1, -0.05) is 82.0 Å². The van der Waals surface area contributed by atoms with E-state index in [9.17, 15) is 41.9 Å². The maximum atomic E-state index is 13.8. The fourth-order valence-electron chi connectivity index (χ4n) is 12.6. The van der Waals surface area contributed by atoms with E-state index in [1.54, 1.807) is 59.0 Å². The van der Waals surface area contributed by atoms with Crippen LogP contribution in [0.15, 0.2) is 113 Å². The van der Waals surface area contributed by atoms with Gasteiger partial charge in [0.15, 0.2) is 34.4 Å². The molecule has 3 aliphatic heterocycles. The maximum Gasteiger partial charge on any atom is 0.272 e. The van der Waals surface area contributed by atoms with Crippen molar-refractivity contribution in [1.82, 2.24) is 93.6 Å². The van der Waals surface area contributed by atoms with Crippen LogP contribution in [0.25, 0.3) is 51.5 Å². The lowest BCUT2D eigenvalue weighted by atomic mass is 9.77. The standard InChI is InChI=1S/C23H22F2N8O2.C23H22FN7O2.C23H23N7O2/c1-4-5-6-13-19-27-11-28-33(19)10-14(29-13)17-30-18-16(20(34)31-17)22(2,21(35)32-18)15-8-7-12(9-26-15)23(3,24)25;1-4-5-6-15-20-25-11-26-31(20)10-16(27-15)18-28-19-17(21(32)29-18)23(3,22(33)30-19)13-7-8-14(24)12(2)9-13;1-4-5-6-15-20-24-12-25-30(20)11-16(26-15)18-27-19-17(21(31)28-18)23(3,22(32)29-19)14-9-7-13(2)8-10-14/h7-11H,4-6H2,1-3H3,(H2,30,31,32,34,35);7-11H,4-6H2,1-3H3,(H2,28,29,30,32,33);7-12H,4-6H2,1-3H3,(H2,27,28,29,31,32). The summed E-state index contributed by atoms with van der Waals surface area (Å²) in [4.78, 5) is 132. The molecule has 0 saturated heterocycles. The van der Waals surface area contributed by atoms with Gasteiger partial charge in [-0.3, -0.25) is 33.8 Å². The second-order valence-corrected chi connectivity index (χ2v) is 25.4. The number of carbonyl (C=O) groups is 3. The number of aromatic amines is 3. The van der Waals surface area contributed by atoms with Crippen molar-refractivity contribution in [3.05, 3.63) is 203 Å². The molecular formula is C69H67F3N22O6.